The fourth-order valence-corrected chi connectivity index (χ4v) is 2.06. The Bertz CT molecular complexity index is 507. The van der Waals surface area contributed by atoms with Crippen molar-refractivity contribution in [2.75, 3.05) is 6.61 Å². The topological polar surface area (TPSA) is 107 Å². The number of carbonyl (C=O) groups is 1. The van der Waals surface area contributed by atoms with E-state index in [2.05, 4.69) is 21.2 Å². The summed E-state index contributed by atoms with van der Waals surface area (Å²) in [7, 11) is 0. The summed E-state index contributed by atoms with van der Waals surface area (Å²) >= 11 is 3.12. The van der Waals surface area contributed by atoms with Crippen LogP contribution in [0.2, 0.25) is 0 Å². The number of nitrogens with zero attached hydrogens (tertiary/aromatic N) is 1. The molecule has 1 atom stereocenters. The predicted molar refractivity (Wildman–Crippen MR) is 77.5 cm³/mol. The average Bonchev–Trinajstić information content (AvgIpc) is 2.34. The number of nitrogens with two attached hydrogens (primary N) is 1. The van der Waals surface area contributed by atoms with E-state index in [0.717, 1.165) is 0 Å². The molecule has 0 aromatic heterocycles. The number of rotatable bonds is 7. The van der Waals surface area contributed by atoms with E-state index in [1.807, 2.05) is 13.8 Å². The van der Waals surface area contributed by atoms with Crippen LogP contribution < -0.4 is 15.8 Å². The normalized spacial score (nSPS) is 12.2. The fourth-order valence-electron chi connectivity index (χ4n) is 1.54. The summed E-state index contributed by atoms with van der Waals surface area (Å²) in [6.07, 6.45) is 0. The molecule has 0 aliphatic carbocycles. The van der Waals surface area contributed by atoms with Crippen molar-refractivity contribution in [1.82, 2.24) is 5.32 Å². The Hall–Kier alpha value is -1.67. The number of hydrogen-bond donors (Lipinski definition) is 2. The van der Waals surface area contributed by atoms with E-state index in [0.29, 0.717) is 0 Å². The second-order valence-corrected chi connectivity index (χ2v) is 5.23. The number of carbonyl (C=O) groups excluding carboxylic acids is 1. The van der Waals surface area contributed by atoms with Crippen molar-refractivity contribution < 1.29 is 14.5 Å². The maximum atomic E-state index is 11.3. The Kier molecular flexibility index (Phi) is 5.90. The summed E-state index contributed by atoms with van der Waals surface area (Å²) in [6, 6.07) is 3.83. The van der Waals surface area contributed by atoms with Crippen molar-refractivity contribution in [2.45, 2.75) is 25.9 Å². The summed E-state index contributed by atoms with van der Waals surface area (Å²) < 4.78 is 5.67. The maximum absolute atomic E-state index is 11.3. The zero-order valence-electron chi connectivity index (χ0n) is 11.1. The Morgan fingerprint density at radius 3 is 2.70 bits per heavy atom. The quantitative estimate of drug-likeness (QED) is 0.576. The van der Waals surface area contributed by atoms with Gasteiger partial charge in [0.05, 0.1) is 4.92 Å². The Morgan fingerprint density at radius 1 is 1.55 bits per heavy atom. The number of nitro benzene ring substituents is 1. The summed E-state index contributed by atoms with van der Waals surface area (Å²) in [5, 5.41) is 13.8. The molecule has 1 unspecified atom stereocenters. The molecule has 1 aromatic carbocycles. The second-order valence-electron chi connectivity index (χ2n) is 4.43. The smallest absolute Gasteiger partial charge is 0.287 e. The monoisotopic (exact) mass is 345 g/mol. The molecule has 8 heteroatoms. The highest BCUT2D eigenvalue weighted by Crippen LogP contribution is 2.33. The fraction of sp³-hybridized carbons (Fsp3) is 0.417. The molecule has 0 heterocycles. The molecule has 0 radical (unpaired) electrons. The standard InChI is InChI=1S/C12H16BrN3O4/c1-7(2)15-8(12(14)17)6-20-10-5-3-4-9(11(10)13)16(18)19/h3-5,7-8,15H,6H2,1-2H3,(H2,14,17). The van der Waals surface area contributed by atoms with E-state index in [9.17, 15) is 14.9 Å². The molecule has 3 N–H and O–H groups in total. The van der Waals surface area contributed by atoms with Crippen LogP contribution in [0.25, 0.3) is 0 Å². The third kappa shape index (κ3) is 4.46. The Morgan fingerprint density at radius 2 is 2.20 bits per heavy atom. The average molecular weight is 346 g/mol. The highest BCUT2D eigenvalue weighted by Gasteiger charge is 2.20. The predicted octanol–water partition coefficient (Wildman–Crippen LogP) is 1.59. The van der Waals surface area contributed by atoms with Gasteiger partial charge in [-0.05, 0) is 22.0 Å². The number of halogens is 1. The van der Waals surface area contributed by atoms with Crippen LogP contribution >= 0.6 is 15.9 Å². The third-order valence-electron chi connectivity index (χ3n) is 2.42. The summed E-state index contributed by atoms with van der Waals surface area (Å²) in [5.41, 5.74) is 5.16. The van der Waals surface area contributed by atoms with E-state index in [4.69, 9.17) is 10.5 Å². The molecule has 0 spiro atoms. The van der Waals surface area contributed by atoms with Crippen LogP contribution in [0.3, 0.4) is 0 Å². The molecule has 0 saturated heterocycles. The molecule has 0 bridgehead atoms. The molecular formula is C12H16BrN3O4. The Labute approximate surface area is 124 Å². The van der Waals surface area contributed by atoms with Crippen molar-refractivity contribution in [3.8, 4) is 5.75 Å². The zero-order valence-corrected chi connectivity index (χ0v) is 12.7. The van der Waals surface area contributed by atoms with Crippen LogP contribution in [0, 0.1) is 10.1 Å². The molecule has 20 heavy (non-hydrogen) atoms. The second kappa shape index (κ2) is 7.20. The zero-order chi connectivity index (χ0) is 15.3. The number of benzene rings is 1. The molecular weight excluding hydrogens is 330 g/mol. The van der Waals surface area contributed by atoms with Gasteiger partial charge in [0.25, 0.3) is 5.69 Å². The number of amides is 1. The van der Waals surface area contributed by atoms with Gasteiger partial charge < -0.3 is 15.8 Å². The number of ether oxygens (including phenoxy) is 1. The molecule has 1 rings (SSSR count). The van der Waals surface area contributed by atoms with Crippen LogP contribution in [0.5, 0.6) is 5.75 Å². The van der Waals surface area contributed by atoms with Gasteiger partial charge in [0.2, 0.25) is 5.91 Å². The van der Waals surface area contributed by atoms with Gasteiger partial charge in [-0.15, -0.1) is 0 Å². The van der Waals surface area contributed by atoms with Gasteiger partial charge in [0, 0.05) is 12.1 Å². The van der Waals surface area contributed by atoms with Gasteiger partial charge in [0.1, 0.15) is 22.9 Å². The van der Waals surface area contributed by atoms with E-state index < -0.39 is 16.9 Å². The highest BCUT2D eigenvalue weighted by atomic mass is 79.9. The minimum atomic E-state index is -0.666. The van der Waals surface area contributed by atoms with Crippen molar-refractivity contribution in [1.29, 1.82) is 0 Å². The first-order valence-corrected chi connectivity index (χ1v) is 6.73. The van der Waals surface area contributed by atoms with Gasteiger partial charge >= 0.3 is 0 Å². The van der Waals surface area contributed by atoms with Crippen LogP contribution in [-0.4, -0.2) is 29.5 Å². The van der Waals surface area contributed by atoms with Gasteiger partial charge in [0.15, 0.2) is 0 Å². The molecule has 7 nitrogen and oxygen atoms in total. The Balaban J connectivity index is 2.80. The maximum Gasteiger partial charge on any atom is 0.287 e. The third-order valence-corrected chi connectivity index (χ3v) is 3.22. The number of primary amides is 1. The lowest BCUT2D eigenvalue weighted by molar-refractivity contribution is -0.385. The lowest BCUT2D eigenvalue weighted by atomic mass is 10.2. The largest absolute Gasteiger partial charge is 0.490 e. The first-order chi connectivity index (χ1) is 9.32. The van der Waals surface area contributed by atoms with Crippen molar-refractivity contribution >= 4 is 27.5 Å². The van der Waals surface area contributed by atoms with Gasteiger partial charge in [-0.25, -0.2) is 0 Å². The molecule has 0 aliphatic rings. The first kappa shape index (κ1) is 16.4. The minimum Gasteiger partial charge on any atom is -0.490 e. The SMILES string of the molecule is CC(C)NC(COc1cccc([N+](=O)[O-])c1Br)C(N)=O. The van der Waals surface area contributed by atoms with Crippen molar-refractivity contribution in [3.63, 3.8) is 0 Å². The van der Waals surface area contributed by atoms with E-state index in [1.54, 1.807) is 6.07 Å². The molecule has 0 aliphatic heterocycles. The molecule has 0 saturated carbocycles. The van der Waals surface area contributed by atoms with Gasteiger partial charge in [-0.3, -0.25) is 14.9 Å². The van der Waals surface area contributed by atoms with Crippen LogP contribution in [-0.2, 0) is 4.79 Å². The number of nitro groups is 1. The van der Waals surface area contributed by atoms with Crippen LogP contribution in [0.15, 0.2) is 22.7 Å². The van der Waals surface area contributed by atoms with Crippen molar-refractivity contribution in [2.24, 2.45) is 5.73 Å². The van der Waals surface area contributed by atoms with Crippen LogP contribution in [0.4, 0.5) is 5.69 Å². The van der Waals surface area contributed by atoms with E-state index >= 15 is 0 Å². The highest BCUT2D eigenvalue weighted by molar-refractivity contribution is 9.10. The summed E-state index contributed by atoms with van der Waals surface area (Å²) in [4.78, 5) is 21.6. The number of nitrogens with one attached hydrogen (secondary N) is 1. The molecule has 110 valence electrons. The van der Waals surface area contributed by atoms with Crippen molar-refractivity contribution in [3.05, 3.63) is 32.8 Å². The van der Waals surface area contributed by atoms with Crippen LogP contribution in [0.1, 0.15) is 13.8 Å². The number of hydrogen-bond acceptors (Lipinski definition) is 5. The van der Waals surface area contributed by atoms with E-state index in [-0.39, 0.29) is 28.6 Å². The lowest BCUT2D eigenvalue weighted by Gasteiger charge is -2.19. The molecule has 1 amide bonds. The summed E-state index contributed by atoms with van der Waals surface area (Å²) in [5.74, 6) is -0.253. The summed E-state index contributed by atoms with van der Waals surface area (Å²) in [6.45, 7) is 3.74. The van der Waals surface area contributed by atoms with Gasteiger partial charge in [-0.2, -0.15) is 0 Å². The van der Waals surface area contributed by atoms with E-state index in [1.165, 1.54) is 12.1 Å². The minimum absolute atomic E-state index is 0.00667. The first-order valence-electron chi connectivity index (χ1n) is 5.94. The molecule has 0 fully saturated rings. The van der Waals surface area contributed by atoms with Gasteiger partial charge in [-0.1, -0.05) is 19.9 Å². The lowest BCUT2D eigenvalue weighted by Crippen LogP contribution is -2.48. The molecule has 1 aromatic rings.